The molecule has 2 rings (SSSR count). The van der Waals surface area contributed by atoms with Crippen molar-refractivity contribution in [2.75, 3.05) is 33.9 Å². The van der Waals surface area contributed by atoms with Gasteiger partial charge in [-0.1, -0.05) is 0 Å². The van der Waals surface area contributed by atoms with Crippen LogP contribution in [0.4, 0.5) is 0 Å². The number of carboxylic acid groups (broad SMARTS) is 1. The van der Waals surface area contributed by atoms with Crippen LogP contribution in [-0.4, -0.2) is 59.4 Å². The van der Waals surface area contributed by atoms with Gasteiger partial charge in [-0.3, -0.25) is 9.69 Å². The Bertz CT molecular complexity index is 491. The Balaban J connectivity index is 2.05. The number of hydrogen-bond acceptors (Lipinski definition) is 5. The second-order valence-corrected chi connectivity index (χ2v) is 5.87. The van der Waals surface area contributed by atoms with Gasteiger partial charge in [-0.15, -0.1) is 0 Å². The number of nitrogens with zero attached hydrogens (tertiary/aromatic N) is 3. The van der Waals surface area contributed by atoms with Gasteiger partial charge in [-0.2, -0.15) is 0 Å². The number of rotatable bonds is 8. The Labute approximate surface area is 130 Å². The second-order valence-electron chi connectivity index (χ2n) is 5.87. The molecule has 0 aliphatic carbocycles. The predicted octanol–water partition coefficient (Wildman–Crippen LogP) is 1.19. The van der Waals surface area contributed by atoms with Crippen LogP contribution in [0.1, 0.15) is 25.1 Å². The molecule has 7 nitrogen and oxygen atoms in total. The lowest BCUT2D eigenvalue weighted by Crippen LogP contribution is -2.48. The first-order valence-electron chi connectivity index (χ1n) is 7.55. The SMILES string of the molecule is COCC[C@]1(C(=O)O)CCCN(Cc2nccn2COC)C1. The van der Waals surface area contributed by atoms with E-state index in [1.807, 2.05) is 10.8 Å². The van der Waals surface area contributed by atoms with E-state index >= 15 is 0 Å². The summed E-state index contributed by atoms with van der Waals surface area (Å²) in [6.45, 7) is 2.99. The van der Waals surface area contributed by atoms with Crippen molar-refractivity contribution >= 4 is 5.97 Å². The fourth-order valence-electron chi connectivity index (χ4n) is 3.09. The largest absolute Gasteiger partial charge is 0.481 e. The van der Waals surface area contributed by atoms with E-state index < -0.39 is 11.4 Å². The van der Waals surface area contributed by atoms with Crippen LogP contribution in [0.2, 0.25) is 0 Å². The number of piperidine rings is 1. The highest BCUT2D eigenvalue weighted by atomic mass is 16.5. The maximum absolute atomic E-state index is 11.8. The first-order chi connectivity index (χ1) is 10.6. The van der Waals surface area contributed by atoms with Crippen molar-refractivity contribution in [3.8, 4) is 0 Å². The van der Waals surface area contributed by atoms with Crippen molar-refractivity contribution in [2.24, 2.45) is 5.41 Å². The van der Waals surface area contributed by atoms with Gasteiger partial charge >= 0.3 is 5.97 Å². The smallest absolute Gasteiger partial charge is 0.311 e. The van der Waals surface area contributed by atoms with Crippen molar-refractivity contribution < 1.29 is 19.4 Å². The maximum Gasteiger partial charge on any atom is 0.311 e. The Hall–Kier alpha value is -1.44. The average Bonchev–Trinajstić information content (AvgIpc) is 2.93. The molecule has 2 heterocycles. The number of imidazole rings is 1. The molecule has 0 bridgehead atoms. The van der Waals surface area contributed by atoms with E-state index in [4.69, 9.17) is 9.47 Å². The van der Waals surface area contributed by atoms with Gasteiger partial charge in [0.2, 0.25) is 0 Å². The second kappa shape index (κ2) is 7.71. The van der Waals surface area contributed by atoms with Gasteiger partial charge in [0.1, 0.15) is 12.6 Å². The van der Waals surface area contributed by atoms with E-state index in [1.165, 1.54) is 0 Å². The molecule has 0 saturated carbocycles. The zero-order valence-corrected chi connectivity index (χ0v) is 13.3. The summed E-state index contributed by atoms with van der Waals surface area (Å²) < 4.78 is 12.2. The fraction of sp³-hybridized carbons (Fsp3) is 0.733. The lowest BCUT2D eigenvalue weighted by atomic mass is 9.77. The van der Waals surface area contributed by atoms with E-state index in [-0.39, 0.29) is 0 Å². The summed E-state index contributed by atoms with van der Waals surface area (Å²) in [5.74, 6) is 0.171. The van der Waals surface area contributed by atoms with Crippen LogP contribution in [-0.2, 0) is 27.5 Å². The highest BCUT2D eigenvalue weighted by Gasteiger charge is 2.42. The number of hydrogen-bond donors (Lipinski definition) is 1. The number of aromatic nitrogens is 2. The molecule has 1 aromatic rings. The van der Waals surface area contributed by atoms with Crippen LogP contribution in [0.25, 0.3) is 0 Å². The van der Waals surface area contributed by atoms with Gasteiger partial charge in [0.25, 0.3) is 0 Å². The Morgan fingerprint density at radius 2 is 2.27 bits per heavy atom. The van der Waals surface area contributed by atoms with E-state index in [9.17, 15) is 9.90 Å². The molecule has 1 aliphatic rings. The number of ether oxygens (including phenoxy) is 2. The van der Waals surface area contributed by atoms with Crippen LogP contribution >= 0.6 is 0 Å². The molecule has 1 atom stereocenters. The molecule has 0 spiro atoms. The van der Waals surface area contributed by atoms with Crippen molar-refractivity contribution in [3.63, 3.8) is 0 Å². The van der Waals surface area contributed by atoms with Crippen LogP contribution in [0.5, 0.6) is 0 Å². The third-order valence-electron chi connectivity index (χ3n) is 4.33. The molecular formula is C15H25N3O4. The van der Waals surface area contributed by atoms with E-state index in [0.29, 0.717) is 39.3 Å². The summed E-state index contributed by atoms with van der Waals surface area (Å²) in [5.41, 5.74) is -0.715. The molecule has 1 aliphatic heterocycles. The topological polar surface area (TPSA) is 76.8 Å². The number of likely N-dealkylation sites (tertiary alicyclic amines) is 1. The van der Waals surface area contributed by atoms with Crippen molar-refractivity contribution in [2.45, 2.75) is 32.5 Å². The van der Waals surface area contributed by atoms with Gasteiger partial charge < -0.3 is 19.1 Å². The molecule has 124 valence electrons. The van der Waals surface area contributed by atoms with E-state index in [0.717, 1.165) is 18.8 Å². The number of carbonyl (C=O) groups is 1. The Morgan fingerprint density at radius 1 is 1.45 bits per heavy atom. The van der Waals surface area contributed by atoms with Crippen molar-refractivity contribution in [3.05, 3.63) is 18.2 Å². The van der Waals surface area contributed by atoms with Gasteiger partial charge in [-0.25, -0.2) is 4.98 Å². The third-order valence-corrected chi connectivity index (χ3v) is 4.33. The lowest BCUT2D eigenvalue weighted by Gasteiger charge is -2.39. The number of methoxy groups -OCH3 is 2. The Morgan fingerprint density at radius 3 is 2.95 bits per heavy atom. The first-order valence-corrected chi connectivity index (χ1v) is 7.55. The molecule has 0 radical (unpaired) electrons. The van der Waals surface area contributed by atoms with Gasteiger partial charge in [-0.05, 0) is 25.8 Å². The minimum atomic E-state index is -0.727. The molecule has 0 amide bonds. The lowest BCUT2D eigenvalue weighted by molar-refractivity contribution is -0.154. The predicted molar refractivity (Wildman–Crippen MR) is 80.3 cm³/mol. The first kappa shape index (κ1) is 16.9. The van der Waals surface area contributed by atoms with Crippen molar-refractivity contribution in [1.82, 2.24) is 14.5 Å². The minimum absolute atomic E-state index is 0.455. The normalized spacial score (nSPS) is 22.8. The maximum atomic E-state index is 11.8. The molecular weight excluding hydrogens is 286 g/mol. The van der Waals surface area contributed by atoms with E-state index in [1.54, 1.807) is 20.4 Å². The van der Waals surface area contributed by atoms with Crippen molar-refractivity contribution in [1.29, 1.82) is 0 Å². The van der Waals surface area contributed by atoms with Gasteiger partial charge in [0.05, 0.1) is 12.0 Å². The van der Waals surface area contributed by atoms with Crippen LogP contribution in [0.3, 0.4) is 0 Å². The van der Waals surface area contributed by atoms with Gasteiger partial charge in [0, 0.05) is 39.8 Å². The van der Waals surface area contributed by atoms with Crippen LogP contribution < -0.4 is 0 Å². The Kier molecular flexibility index (Phi) is 5.93. The third kappa shape index (κ3) is 3.85. The molecule has 1 N–H and O–H groups in total. The highest BCUT2D eigenvalue weighted by Crippen LogP contribution is 2.34. The van der Waals surface area contributed by atoms with E-state index in [2.05, 4.69) is 9.88 Å². The molecule has 22 heavy (non-hydrogen) atoms. The molecule has 1 saturated heterocycles. The molecule has 0 aromatic carbocycles. The van der Waals surface area contributed by atoms with Crippen LogP contribution in [0.15, 0.2) is 12.4 Å². The monoisotopic (exact) mass is 311 g/mol. The average molecular weight is 311 g/mol. The zero-order chi connectivity index (χ0) is 16.0. The fourth-order valence-corrected chi connectivity index (χ4v) is 3.09. The summed E-state index contributed by atoms with van der Waals surface area (Å²) in [6, 6.07) is 0. The summed E-state index contributed by atoms with van der Waals surface area (Å²) in [6.07, 6.45) is 5.74. The summed E-state index contributed by atoms with van der Waals surface area (Å²) >= 11 is 0. The molecule has 0 unspecified atom stereocenters. The minimum Gasteiger partial charge on any atom is -0.481 e. The summed E-state index contributed by atoms with van der Waals surface area (Å²) in [7, 11) is 3.25. The standard InChI is InChI=1S/C15H25N3O4/c1-21-9-5-15(14(19)20)4-3-7-17(11-15)10-13-16-6-8-18(13)12-22-2/h6,8H,3-5,7,9-12H2,1-2H3,(H,19,20)/t15-/m1/s1. The molecule has 7 heteroatoms. The summed E-state index contributed by atoms with van der Waals surface area (Å²) in [4.78, 5) is 18.3. The summed E-state index contributed by atoms with van der Waals surface area (Å²) in [5, 5.41) is 9.68. The number of carboxylic acids is 1. The quantitative estimate of drug-likeness (QED) is 0.777. The number of aliphatic carboxylic acids is 1. The molecule has 1 aromatic heterocycles. The molecule has 1 fully saturated rings. The highest BCUT2D eigenvalue weighted by molar-refractivity contribution is 5.75. The zero-order valence-electron chi connectivity index (χ0n) is 13.3. The van der Waals surface area contributed by atoms with Crippen LogP contribution in [0, 0.1) is 5.41 Å². The van der Waals surface area contributed by atoms with Gasteiger partial charge in [0.15, 0.2) is 0 Å².